The van der Waals surface area contributed by atoms with Gasteiger partial charge in [-0.2, -0.15) is 0 Å². The Bertz CT molecular complexity index is 1160. The molecule has 0 bridgehead atoms. The number of carbonyl (C=O) groups is 2. The van der Waals surface area contributed by atoms with Crippen LogP contribution in [0.15, 0.2) is 72.8 Å². The van der Waals surface area contributed by atoms with Crippen LogP contribution >= 0.6 is 23.4 Å². The van der Waals surface area contributed by atoms with E-state index in [0.29, 0.717) is 41.8 Å². The van der Waals surface area contributed by atoms with Gasteiger partial charge in [0.05, 0.1) is 29.5 Å². The maximum absolute atomic E-state index is 12.6. The third kappa shape index (κ3) is 5.85. The summed E-state index contributed by atoms with van der Waals surface area (Å²) in [6, 6.07) is 21.9. The molecule has 8 heteroatoms. The Morgan fingerprint density at radius 3 is 2.53 bits per heavy atom. The molecule has 1 fully saturated rings. The van der Waals surface area contributed by atoms with E-state index >= 15 is 0 Å². The monoisotopic (exact) mass is 496 g/mol. The van der Waals surface area contributed by atoms with Crippen molar-refractivity contribution in [3.63, 3.8) is 0 Å². The Morgan fingerprint density at radius 2 is 1.79 bits per heavy atom. The third-order valence-electron chi connectivity index (χ3n) is 5.25. The normalized spacial score (nSPS) is 15.3. The first-order valence-electron chi connectivity index (χ1n) is 11.0. The molecule has 3 aromatic rings. The summed E-state index contributed by atoms with van der Waals surface area (Å²) in [5, 5.41) is 3.15. The molecule has 1 aliphatic rings. The fourth-order valence-electron chi connectivity index (χ4n) is 3.65. The summed E-state index contributed by atoms with van der Waals surface area (Å²) in [6.07, 6.45) is 0. The number of nitrogens with zero attached hydrogens (tertiary/aromatic N) is 1. The second kappa shape index (κ2) is 11.3. The molecular weight excluding hydrogens is 472 g/mol. The Morgan fingerprint density at radius 1 is 1.06 bits per heavy atom. The van der Waals surface area contributed by atoms with Crippen LogP contribution in [0.3, 0.4) is 0 Å². The fraction of sp³-hybridized carbons (Fsp3) is 0.231. The molecule has 1 saturated heterocycles. The Labute approximate surface area is 208 Å². The molecule has 1 heterocycles. The zero-order valence-electron chi connectivity index (χ0n) is 18.7. The lowest BCUT2D eigenvalue weighted by atomic mass is 10.1. The number of anilines is 1. The SMILES string of the molecule is CCOc1ccc(OCCN2C(=O)CSC2c2cccc(NC(=O)c3ccccc3Cl)c2)cc1. The van der Waals surface area contributed by atoms with Crippen LogP contribution in [0.2, 0.25) is 5.02 Å². The zero-order valence-corrected chi connectivity index (χ0v) is 20.3. The van der Waals surface area contributed by atoms with Crippen molar-refractivity contribution in [2.45, 2.75) is 12.3 Å². The van der Waals surface area contributed by atoms with Crippen LogP contribution in [-0.2, 0) is 4.79 Å². The average Bonchev–Trinajstić information content (AvgIpc) is 3.21. The molecule has 6 nitrogen and oxygen atoms in total. The Hall–Kier alpha value is -3.16. The van der Waals surface area contributed by atoms with Gasteiger partial charge in [-0.15, -0.1) is 11.8 Å². The first kappa shape index (κ1) is 24.0. The molecular formula is C26H25ClN2O4S. The lowest BCUT2D eigenvalue weighted by molar-refractivity contribution is -0.128. The number of hydrogen-bond acceptors (Lipinski definition) is 5. The van der Waals surface area contributed by atoms with Crippen molar-refractivity contribution in [2.24, 2.45) is 0 Å². The quantitative estimate of drug-likeness (QED) is 0.415. The lowest BCUT2D eigenvalue weighted by Gasteiger charge is -2.24. The van der Waals surface area contributed by atoms with E-state index in [1.165, 1.54) is 0 Å². The van der Waals surface area contributed by atoms with Gasteiger partial charge in [-0.1, -0.05) is 35.9 Å². The van der Waals surface area contributed by atoms with E-state index < -0.39 is 0 Å². The predicted octanol–water partition coefficient (Wildman–Crippen LogP) is 5.64. The van der Waals surface area contributed by atoms with Crippen LogP contribution < -0.4 is 14.8 Å². The van der Waals surface area contributed by atoms with Crippen LogP contribution in [0.25, 0.3) is 0 Å². The summed E-state index contributed by atoms with van der Waals surface area (Å²) in [4.78, 5) is 27.0. The first-order valence-corrected chi connectivity index (χ1v) is 12.4. The van der Waals surface area contributed by atoms with E-state index in [0.717, 1.165) is 17.1 Å². The molecule has 34 heavy (non-hydrogen) atoms. The number of rotatable bonds is 9. The van der Waals surface area contributed by atoms with E-state index in [1.807, 2.05) is 60.4 Å². The van der Waals surface area contributed by atoms with Gasteiger partial charge >= 0.3 is 0 Å². The molecule has 176 valence electrons. The number of amides is 2. The van der Waals surface area contributed by atoms with Crippen LogP contribution in [0.1, 0.15) is 28.2 Å². The molecule has 1 N–H and O–H groups in total. The highest BCUT2D eigenvalue weighted by atomic mass is 35.5. The second-order valence-electron chi connectivity index (χ2n) is 7.56. The summed E-state index contributed by atoms with van der Waals surface area (Å²) < 4.78 is 11.3. The maximum Gasteiger partial charge on any atom is 0.257 e. The van der Waals surface area contributed by atoms with Crippen molar-refractivity contribution >= 4 is 40.9 Å². The van der Waals surface area contributed by atoms with Gasteiger partial charge in [0.1, 0.15) is 23.5 Å². The highest BCUT2D eigenvalue weighted by Crippen LogP contribution is 2.39. The third-order valence-corrected chi connectivity index (χ3v) is 6.84. The summed E-state index contributed by atoms with van der Waals surface area (Å²) in [7, 11) is 0. The van der Waals surface area contributed by atoms with Crippen molar-refractivity contribution in [3.05, 3.63) is 88.9 Å². The average molecular weight is 497 g/mol. The van der Waals surface area contributed by atoms with Gasteiger partial charge in [0, 0.05) is 5.69 Å². The molecule has 0 saturated carbocycles. The lowest BCUT2D eigenvalue weighted by Crippen LogP contribution is -2.32. The van der Waals surface area contributed by atoms with Gasteiger partial charge in [0.25, 0.3) is 5.91 Å². The second-order valence-corrected chi connectivity index (χ2v) is 9.04. The molecule has 4 rings (SSSR count). The fourth-order valence-corrected chi connectivity index (χ4v) is 5.08. The van der Waals surface area contributed by atoms with Gasteiger partial charge in [-0.25, -0.2) is 0 Å². The zero-order chi connectivity index (χ0) is 23.9. The number of nitrogens with one attached hydrogen (secondary N) is 1. The Balaban J connectivity index is 1.39. The van der Waals surface area contributed by atoms with Crippen LogP contribution in [0, 0.1) is 0 Å². The molecule has 0 spiro atoms. The number of hydrogen-bond donors (Lipinski definition) is 1. The largest absolute Gasteiger partial charge is 0.494 e. The summed E-state index contributed by atoms with van der Waals surface area (Å²) in [6.45, 7) is 3.38. The number of benzene rings is 3. The number of halogens is 1. The minimum Gasteiger partial charge on any atom is -0.494 e. The predicted molar refractivity (Wildman–Crippen MR) is 136 cm³/mol. The number of carbonyl (C=O) groups excluding carboxylic acids is 2. The summed E-state index contributed by atoms with van der Waals surface area (Å²) in [5.74, 6) is 1.71. The van der Waals surface area contributed by atoms with Crippen LogP contribution in [0.4, 0.5) is 5.69 Å². The highest BCUT2D eigenvalue weighted by Gasteiger charge is 2.32. The van der Waals surface area contributed by atoms with Crippen molar-refractivity contribution in [2.75, 3.05) is 30.8 Å². The van der Waals surface area contributed by atoms with Crippen molar-refractivity contribution < 1.29 is 19.1 Å². The van der Waals surface area contributed by atoms with E-state index in [4.69, 9.17) is 21.1 Å². The molecule has 0 radical (unpaired) electrons. The first-order chi connectivity index (χ1) is 16.5. The number of thioether (sulfide) groups is 1. The highest BCUT2D eigenvalue weighted by molar-refractivity contribution is 8.00. The van der Waals surface area contributed by atoms with E-state index in [2.05, 4.69) is 5.32 Å². The molecule has 0 aromatic heterocycles. The van der Waals surface area contributed by atoms with E-state index in [-0.39, 0.29) is 17.2 Å². The number of ether oxygens (including phenoxy) is 2. The molecule has 1 atom stereocenters. The van der Waals surface area contributed by atoms with Crippen LogP contribution in [0.5, 0.6) is 11.5 Å². The molecule has 3 aromatic carbocycles. The van der Waals surface area contributed by atoms with Gasteiger partial charge in [0.2, 0.25) is 5.91 Å². The summed E-state index contributed by atoms with van der Waals surface area (Å²) >= 11 is 7.71. The van der Waals surface area contributed by atoms with Gasteiger partial charge in [-0.05, 0) is 61.0 Å². The Kier molecular flexibility index (Phi) is 7.98. The van der Waals surface area contributed by atoms with Crippen molar-refractivity contribution in [1.29, 1.82) is 0 Å². The van der Waals surface area contributed by atoms with Crippen molar-refractivity contribution in [3.8, 4) is 11.5 Å². The molecule has 2 amide bonds. The van der Waals surface area contributed by atoms with Crippen molar-refractivity contribution in [1.82, 2.24) is 4.90 Å². The summed E-state index contributed by atoms with van der Waals surface area (Å²) in [5.41, 5.74) is 2.00. The molecule has 1 aliphatic heterocycles. The van der Waals surface area contributed by atoms with E-state index in [9.17, 15) is 9.59 Å². The topological polar surface area (TPSA) is 67.9 Å². The van der Waals surface area contributed by atoms with Gasteiger partial charge in [0.15, 0.2) is 0 Å². The standard InChI is InChI=1S/C26H25ClN2O4S/c1-2-32-20-10-12-21(13-11-20)33-15-14-29-24(30)17-34-26(29)18-6-5-7-19(16-18)28-25(31)22-8-3-4-9-23(22)27/h3-13,16,26H,2,14-15,17H2,1H3,(H,28,31). The minimum absolute atomic E-state index is 0.0656. The maximum atomic E-state index is 12.6. The van der Waals surface area contributed by atoms with Crippen LogP contribution in [-0.4, -0.2) is 42.2 Å². The van der Waals surface area contributed by atoms with Gasteiger partial charge in [-0.3, -0.25) is 9.59 Å². The molecule has 1 unspecified atom stereocenters. The minimum atomic E-state index is -0.279. The van der Waals surface area contributed by atoms with Gasteiger partial charge < -0.3 is 19.7 Å². The van der Waals surface area contributed by atoms with E-state index in [1.54, 1.807) is 36.0 Å². The smallest absolute Gasteiger partial charge is 0.257 e. The molecule has 0 aliphatic carbocycles.